The maximum Gasteiger partial charge on any atom is 0.351 e. The standard InChI is InChI=1S/C16H23N3O8/c1-2-26-12(22)5-3-4-11(21)17-10-6-7-19(16(25)18-10)15-14(24)13(23)9(8-20)27-15/h6-7,9,13-15,20,23-24H,2-5,8H2,1H3,(H,17,18,21,25)/t9-,13-,14+,15-/m1/s1. The van der Waals surface area contributed by atoms with Crippen molar-refractivity contribution >= 4 is 17.7 Å². The number of esters is 1. The van der Waals surface area contributed by atoms with Crippen LogP contribution in [0.2, 0.25) is 0 Å². The zero-order valence-electron chi connectivity index (χ0n) is 14.8. The second kappa shape index (κ2) is 9.55. The number of amides is 1. The van der Waals surface area contributed by atoms with Crippen LogP contribution in [0, 0.1) is 0 Å². The molecule has 0 radical (unpaired) electrons. The molecule has 0 saturated carbocycles. The predicted octanol–water partition coefficient (Wildman–Crippen LogP) is -1.47. The first-order chi connectivity index (χ1) is 12.9. The van der Waals surface area contributed by atoms with Crippen LogP contribution in [0.4, 0.5) is 5.82 Å². The largest absolute Gasteiger partial charge is 0.466 e. The van der Waals surface area contributed by atoms with Gasteiger partial charge in [0.2, 0.25) is 5.91 Å². The van der Waals surface area contributed by atoms with E-state index in [4.69, 9.17) is 14.6 Å². The molecule has 1 aromatic heterocycles. The van der Waals surface area contributed by atoms with Crippen molar-refractivity contribution in [1.82, 2.24) is 9.55 Å². The number of aliphatic hydroxyl groups is 3. The number of aliphatic hydroxyl groups excluding tert-OH is 3. The van der Waals surface area contributed by atoms with Crippen LogP contribution in [0.15, 0.2) is 17.1 Å². The summed E-state index contributed by atoms with van der Waals surface area (Å²) in [5, 5.41) is 31.2. The highest BCUT2D eigenvalue weighted by Crippen LogP contribution is 2.28. The number of nitrogens with zero attached hydrogens (tertiary/aromatic N) is 2. The number of nitrogens with one attached hydrogen (secondary N) is 1. The molecule has 0 unspecified atom stereocenters. The lowest BCUT2D eigenvalue weighted by atomic mass is 10.1. The highest BCUT2D eigenvalue weighted by Gasteiger charge is 2.43. The van der Waals surface area contributed by atoms with Gasteiger partial charge in [-0.3, -0.25) is 14.2 Å². The molecule has 1 amide bonds. The molecule has 11 heteroatoms. The molecule has 11 nitrogen and oxygen atoms in total. The average molecular weight is 385 g/mol. The molecule has 2 rings (SSSR count). The quantitative estimate of drug-likeness (QED) is 0.391. The van der Waals surface area contributed by atoms with Crippen LogP contribution in [-0.2, 0) is 19.1 Å². The molecule has 0 aliphatic carbocycles. The Kier molecular flexibility index (Phi) is 7.42. The summed E-state index contributed by atoms with van der Waals surface area (Å²) in [6.45, 7) is 1.45. The molecule has 4 atom stereocenters. The third kappa shape index (κ3) is 5.32. The maximum atomic E-state index is 12.1. The van der Waals surface area contributed by atoms with Crippen LogP contribution in [0.5, 0.6) is 0 Å². The number of ether oxygens (including phenoxy) is 2. The Labute approximate surface area is 154 Å². The molecule has 0 spiro atoms. The fourth-order valence-corrected chi connectivity index (χ4v) is 2.62. The van der Waals surface area contributed by atoms with E-state index in [0.717, 1.165) is 4.57 Å². The minimum absolute atomic E-state index is 0.00382. The van der Waals surface area contributed by atoms with Crippen molar-refractivity contribution in [2.75, 3.05) is 18.5 Å². The first kappa shape index (κ1) is 21.0. The van der Waals surface area contributed by atoms with Gasteiger partial charge in [0.1, 0.15) is 24.1 Å². The van der Waals surface area contributed by atoms with Gasteiger partial charge in [-0.1, -0.05) is 0 Å². The Hall–Kier alpha value is -2.34. The van der Waals surface area contributed by atoms with Crippen molar-refractivity contribution in [2.24, 2.45) is 0 Å². The first-order valence-corrected chi connectivity index (χ1v) is 8.54. The van der Waals surface area contributed by atoms with Gasteiger partial charge in [-0.05, 0) is 19.4 Å². The Bertz CT molecular complexity index is 722. The van der Waals surface area contributed by atoms with E-state index in [2.05, 4.69) is 10.3 Å². The molecule has 4 N–H and O–H groups in total. The molecule has 1 aliphatic rings. The Balaban J connectivity index is 1.94. The summed E-state index contributed by atoms with van der Waals surface area (Å²) in [5.74, 6) is -0.800. The van der Waals surface area contributed by atoms with Crippen molar-refractivity contribution in [3.8, 4) is 0 Å². The third-order valence-corrected chi connectivity index (χ3v) is 3.98. The number of rotatable bonds is 8. The fourth-order valence-electron chi connectivity index (χ4n) is 2.62. The summed E-state index contributed by atoms with van der Waals surface area (Å²) in [6.07, 6.45) is -3.26. The second-order valence-corrected chi connectivity index (χ2v) is 5.94. The van der Waals surface area contributed by atoms with Crippen LogP contribution >= 0.6 is 0 Å². The third-order valence-electron chi connectivity index (χ3n) is 3.98. The summed E-state index contributed by atoms with van der Waals surface area (Å²) in [4.78, 5) is 38.9. The van der Waals surface area contributed by atoms with Gasteiger partial charge in [-0.25, -0.2) is 4.79 Å². The van der Waals surface area contributed by atoms with Gasteiger partial charge in [0, 0.05) is 19.0 Å². The Morgan fingerprint density at radius 1 is 1.33 bits per heavy atom. The van der Waals surface area contributed by atoms with Crippen molar-refractivity contribution in [2.45, 2.75) is 50.7 Å². The molecule has 1 aromatic rings. The van der Waals surface area contributed by atoms with E-state index in [0.29, 0.717) is 6.42 Å². The molecule has 1 saturated heterocycles. The monoisotopic (exact) mass is 385 g/mol. The Morgan fingerprint density at radius 2 is 2.07 bits per heavy atom. The molecule has 0 bridgehead atoms. The fraction of sp³-hybridized carbons (Fsp3) is 0.625. The normalized spacial score (nSPS) is 24.6. The smallest absolute Gasteiger partial charge is 0.351 e. The van der Waals surface area contributed by atoms with E-state index in [-0.39, 0.29) is 31.2 Å². The van der Waals surface area contributed by atoms with E-state index in [9.17, 15) is 24.6 Å². The molecule has 27 heavy (non-hydrogen) atoms. The van der Waals surface area contributed by atoms with E-state index < -0.39 is 42.7 Å². The number of anilines is 1. The number of hydrogen-bond acceptors (Lipinski definition) is 9. The molecule has 150 valence electrons. The van der Waals surface area contributed by atoms with Gasteiger partial charge < -0.3 is 30.1 Å². The highest BCUT2D eigenvalue weighted by molar-refractivity contribution is 5.89. The van der Waals surface area contributed by atoms with Crippen molar-refractivity contribution in [3.63, 3.8) is 0 Å². The SMILES string of the molecule is CCOC(=O)CCCC(=O)Nc1ccn([C@@H]2O[C@H](CO)[C@@H](O)[C@@H]2O)c(=O)n1. The summed E-state index contributed by atoms with van der Waals surface area (Å²) in [7, 11) is 0. The number of aromatic nitrogens is 2. The minimum atomic E-state index is -1.41. The lowest BCUT2D eigenvalue weighted by Gasteiger charge is -2.17. The molecular weight excluding hydrogens is 362 g/mol. The molecule has 0 aromatic carbocycles. The van der Waals surface area contributed by atoms with Crippen LogP contribution in [0.1, 0.15) is 32.4 Å². The second-order valence-electron chi connectivity index (χ2n) is 5.94. The van der Waals surface area contributed by atoms with Crippen LogP contribution in [0.25, 0.3) is 0 Å². The zero-order chi connectivity index (χ0) is 20.0. The molecular formula is C16H23N3O8. The minimum Gasteiger partial charge on any atom is -0.466 e. The average Bonchev–Trinajstić information content (AvgIpc) is 2.90. The van der Waals surface area contributed by atoms with Crippen molar-refractivity contribution in [3.05, 3.63) is 22.7 Å². The van der Waals surface area contributed by atoms with E-state index in [1.165, 1.54) is 12.3 Å². The number of hydrogen-bond donors (Lipinski definition) is 4. The van der Waals surface area contributed by atoms with Gasteiger partial charge in [0.05, 0.1) is 13.2 Å². The first-order valence-electron chi connectivity index (χ1n) is 8.54. The Morgan fingerprint density at radius 3 is 2.67 bits per heavy atom. The van der Waals surface area contributed by atoms with E-state index in [1.807, 2.05) is 0 Å². The molecule has 2 heterocycles. The number of carbonyl (C=O) groups excluding carboxylic acids is 2. The van der Waals surface area contributed by atoms with Crippen LogP contribution < -0.4 is 11.0 Å². The molecule has 1 aliphatic heterocycles. The van der Waals surface area contributed by atoms with Crippen molar-refractivity contribution < 1.29 is 34.4 Å². The van der Waals surface area contributed by atoms with Crippen molar-refractivity contribution in [1.29, 1.82) is 0 Å². The topological polar surface area (TPSA) is 160 Å². The van der Waals surface area contributed by atoms with E-state index >= 15 is 0 Å². The summed E-state index contributed by atoms with van der Waals surface area (Å²) in [6, 6.07) is 1.33. The van der Waals surface area contributed by atoms with Gasteiger partial charge in [-0.15, -0.1) is 0 Å². The lowest BCUT2D eigenvalue weighted by molar-refractivity contribution is -0.143. The van der Waals surface area contributed by atoms with Gasteiger partial charge in [-0.2, -0.15) is 4.98 Å². The number of carbonyl (C=O) groups is 2. The zero-order valence-corrected chi connectivity index (χ0v) is 14.8. The summed E-state index contributed by atoms with van der Waals surface area (Å²) < 4.78 is 11.0. The van der Waals surface area contributed by atoms with Gasteiger partial charge in [0.15, 0.2) is 6.23 Å². The summed E-state index contributed by atoms with van der Waals surface area (Å²) in [5.41, 5.74) is -0.811. The highest BCUT2D eigenvalue weighted by atomic mass is 16.6. The predicted molar refractivity (Wildman–Crippen MR) is 90.6 cm³/mol. The van der Waals surface area contributed by atoms with Gasteiger partial charge in [0.25, 0.3) is 0 Å². The molecule has 1 fully saturated rings. The lowest BCUT2D eigenvalue weighted by Crippen LogP contribution is -2.36. The van der Waals surface area contributed by atoms with E-state index in [1.54, 1.807) is 6.92 Å². The van der Waals surface area contributed by atoms with Crippen LogP contribution in [0.3, 0.4) is 0 Å². The summed E-state index contributed by atoms with van der Waals surface area (Å²) >= 11 is 0. The maximum absolute atomic E-state index is 12.1. The van der Waals surface area contributed by atoms with Crippen LogP contribution in [-0.4, -0.2) is 68.3 Å². The van der Waals surface area contributed by atoms with Gasteiger partial charge >= 0.3 is 11.7 Å².